The van der Waals surface area contributed by atoms with Crippen LogP contribution >= 0.6 is 11.8 Å². The fourth-order valence-electron chi connectivity index (χ4n) is 2.26. The Morgan fingerprint density at radius 1 is 0.621 bits per heavy atom. The smallest absolute Gasteiger partial charge is 0.307 e. The van der Waals surface area contributed by atoms with Crippen molar-refractivity contribution in [2.75, 3.05) is 24.7 Å². The molecule has 0 amide bonds. The van der Waals surface area contributed by atoms with Crippen molar-refractivity contribution in [3.63, 3.8) is 0 Å². The van der Waals surface area contributed by atoms with E-state index in [4.69, 9.17) is 9.47 Å². The van der Waals surface area contributed by atoms with Crippen molar-refractivity contribution < 1.29 is 28.7 Å². The molecule has 0 aromatic heterocycles. The fraction of sp³-hybridized carbons (Fsp3) is 0.273. The van der Waals surface area contributed by atoms with E-state index >= 15 is 0 Å². The van der Waals surface area contributed by atoms with E-state index in [0.29, 0.717) is 22.6 Å². The van der Waals surface area contributed by atoms with E-state index in [2.05, 4.69) is 0 Å². The highest BCUT2D eigenvalue weighted by atomic mass is 32.2. The van der Waals surface area contributed by atoms with Gasteiger partial charge in [-0.25, -0.2) is 0 Å². The van der Waals surface area contributed by atoms with Crippen LogP contribution in [0.5, 0.6) is 0 Å². The average Bonchev–Trinajstić information content (AvgIpc) is 2.76. The van der Waals surface area contributed by atoms with E-state index < -0.39 is 11.9 Å². The molecular formula is C22H22O6S. The van der Waals surface area contributed by atoms with E-state index in [1.54, 1.807) is 60.7 Å². The summed E-state index contributed by atoms with van der Waals surface area (Å²) in [5, 5.41) is 0. The van der Waals surface area contributed by atoms with Crippen LogP contribution in [0.4, 0.5) is 0 Å². The molecule has 0 heterocycles. The number of esters is 2. The summed E-state index contributed by atoms with van der Waals surface area (Å²) in [5.74, 6) is -0.488. The molecule has 0 N–H and O–H groups in total. The summed E-state index contributed by atoms with van der Waals surface area (Å²) in [6.45, 7) is -0.565. The Bertz CT molecular complexity index is 750. The average molecular weight is 414 g/mol. The molecule has 0 aliphatic heterocycles. The van der Waals surface area contributed by atoms with Gasteiger partial charge >= 0.3 is 11.9 Å². The molecule has 152 valence electrons. The third kappa shape index (κ3) is 8.74. The van der Waals surface area contributed by atoms with Gasteiger partial charge in [0, 0.05) is 22.6 Å². The quantitative estimate of drug-likeness (QED) is 0.299. The summed E-state index contributed by atoms with van der Waals surface area (Å²) in [6, 6.07) is 17.2. The molecule has 0 aliphatic rings. The Hall–Kier alpha value is -2.93. The molecule has 0 saturated carbocycles. The number of thioether (sulfide) groups is 1. The summed E-state index contributed by atoms with van der Waals surface area (Å²) < 4.78 is 9.92. The van der Waals surface area contributed by atoms with Crippen LogP contribution in [0, 0.1) is 0 Å². The minimum Gasteiger partial charge on any atom is -0.457 e. The molecule has 2 aromatic carbocycles. The second-order valence-corrected chi connectivity index (χ2v) is 7.24. The van der Waals surface area contributed by atoms with Crippen LogP contribution in [0.1, 0.15) is 33.6 Å². The van der Waals surface area contributed by atoms with Crippen LogP contribution < -0.4 is 0 Å². The minimum absolute atomic E-state index is 0.147. The lowest BCUT2D eigenvalue weighted by molar-refractivity contribution is -0.142. The number of hydrogen-bond acceptors (Lipinski definition) is 7. The summed E-state index contributed by atoms with van der Waals surface area (Å²) in [7, 11) is 0. The predicted octanol–water partition coefficient (Wildman–Crippen LogP) is 3.35. The first kappa shape index (κ1) is 22.4. The zero-order chi connectivity index (χ0) is 20.9. The number of ketones is 2. The van der Waals surface area contributed by atoms with E-state index in [1.165, 1.54) is 11.8 Å². The lowest BCUT2D eigenvalue weighted by Gasteiger charge is -2.05. The number of rotatable bonds is 12. The third-order valence-electron chi connectivity index (χ3n) is 3.82. The van der Waals surface area contributed by atoms with Crippen LogP contribution in [0.3, 0.4) is 0 Å². The topological polar surface area (TPSA) is 86.7 Å². The van der Waals surface area contributed by atoms with Gasteiger partial charge in [0.25, 0.3) is 0 Å². The van der Waals surface area contributed by atoms with Crippen LogP contribution in [-0.4, -0.2) is 48.2 Å². The van der Waals surface area contributed by atoms with E-state index in [1.807, 2.05) is 0 Å². The molecule has 2 aromatic rings. The number of carbonyl (C=O) groups is 4. The van der Waals surface area contributed by atoms with Crippen LogP contribution in [0.2, 0.25) is 0 Å². The Kier molecular flexibility index (Phi) is 9.65. The highest BCUT2D eigenvalue weighted by Gasteiger charge is 2.11. The first-order valence-corrected chi connectivity index (χ1v) is 10.3. The first-order valence-electron chi connectivity index (χ1n) is 9.12. The number of carbonyl (C=O) groups excluding carboxylic acids is 4. The zero-order valence-electron chi connectivity index (χ0n) is 15.9. The third-order valence-corrected chi connectivity index (χ3v) is 4.81. The molecule has 0 atom stereocenters. The van der Waals surface area contributed by atoms with Gasteiger partial charge < -0.3 is 9.47 Å². The molecule has 0 saturated heterocycles. The van der Waals surface area contributed by atoms with Gasteiger partial charge in [0.2, 0.25) is 0 Å². The lowest BCUT2D eigenvalue weighted by Crippen LogP contribution is -2.15. The summed E-state index contributed by atoms with van der Waals surface area (Å²) >= 11 is 1.40. The Balaban J connectivity index is 1.51. The molecule has 0 bridgehead atoms. The predicted molar refractivity (Wildman–Crippen MR) is 110 cm³/mol. The number of ether oxygens (including phenoxy) is 2. The van der Waals surface area contributed by atoms with E-state index in [-0.39, 0.29) is 37.6 Å². The second kappa shape index (κ2) is 12.5. The van der Waals surface area contributed by atoms with Crippen molar-refractivity contribution in [1.29, 1.82) is 0 Å². The van der Waals surface area contributed by atoms with Crippen molar-refractivity contribution in [3.05, 3.63) is 71.8 Å². The summed E-state index contributed by atoms with van der Waals surface area (Å²) in [4.78, 5) is 47.0. The van der Waals surface area contributed by atoms with E-state index in [9.17, 15) is 19.2 Å². The number of Topliss-reactive ketones (excluding diaryl/α,β-unsaturated/α-hetero) is 2. The maximum absolute atomic E-state index is 11.8. The lowest BCUT2D eigenvalue weighted by atomic mass is 10.1. The van der Waals surface area contributed by atoms with Crippen molar-refractivity contribution in [1.82, 2.24) is 0 Å². The van der Waals surface area contributed by atoms with Gasteiger partial charge in [-0.05, 0) is 0 Å². The van der Waals surface area contributed by atoms with Crippen molar-refractivity contribution in [3.8, 4) is 0 Å². The van der Waals surface area contributed by atoms with Gasteiger partial charge in [-0.1, -0.05) is 60.7 Å². The molecule has 0 spiro atoms. The van der Waals surface area contributed by atoms with Gasteiger partial charge in [0.1, 0.15) is 0 Å². The Morgan fingerprint density at radius 3 is 1.38 bits per heavy atom. The van der Waals surface area contributed by atoms with Gasteiger partial charge in [-0.15, -0.1) is 0 Å². The highest BCUT2D eigenvalue weighted by molar-refractivity contribution is 7.99. The molecule has 0 aliphatic carbocycles. The maximum atomic E-state index is 11.8. The van der Waals surface area contributed by atoms with Gasteiger partial charge in [0.05, 0.1) is 12.8 Å². The molecule has 7 heteroatoms. The summed E-state index contributed by atoms with van der Waals surface area (Å²) in [5.41, 5.74) is 0.998. The Morgan fingerprint density at radius 2 is 1.00 bits per heavy atom. The van der Waals surface area contributed by atoms with E-state index in [0.717, 1.165) is 0 Å². The zero-order valence-corrected chi connectivity index (χ0v) is 16.7. The van der Waals surface area contributed by atoms with Crippen molar-refractivity contribution in [2.24, 2.45) is 0 Å². The molecule has 0 unspecified atom stereocenters. The first-order chi connectivity index (χ1) is 14.1. The highest BCUT2D eigenvalue weighted by Crippen LogP contribution is 2.08. The number of benzene rings is 2. The van der Waals surface area contributed by atoms with Crippen LogP contribution in [-0.2, 0) is 19.1 Å². The molecule has 2 rings (SSSR count). The SMILES string of the molecule is O=C(CCSCCC(=O)OCC(=O)c1ccccc1)OCC(=O)c1ccccc1. The molecule has 0 fully saturated rings. The largest absolute Gasteiger partial charge is 0.457 e. The molecular weight excluding hydrogens is 392 g/mol. The fourth-order valence-corrected chi connectivity index (χ4v) is 3.09. The summed E-state index contributed by atoms with van der Waals surface area (Å²) in [6.07, 6.45) is 0.294. The molecule has 0 radical (unpaired) electrons. The van der Waals surface area contributed by atoms with Crippen molar-refractivity contribution in [2.45, 2.75) is 12.8 Å². The maximum Gasteiger partial charge on any atom is 0.307 e. The minimum atomic E-state index is -0.460. The molecule has 29 heavy (non-hydrogen) atoms. The van der Waals surface area contributed by atoms with Crippen LogP contribution in [0.15, 0.2) is 60.7 Å². The van der Waals surface area contributed by atoms with Crippen molar-refractivity contribution >= 4 is 35.3 Å². The Labute approximate surface area is 173 Å². The second-order valence-electron chi connectivity index (χ2n) is 6.01. The van der Waals surface area contributed by atoms with Gasteiger partial charge in [-0.3, -0.25) is 19.2 Å². The van der Waals surface area contributed by atoms with Crippen LogP contribution in [0.25, 0.3) is 0 Å². The normalized spacial score (nSPS) is 10.2. The van der Waals surface area contributed by atoms with Gasteiger partial charge in [-0.2, -0.15) is 11.8 Å². The molecule has 6 nitrogen and oxygen atoms in total. The standard InChI is InChI=1S/C22H22O6S/c23-19(17-7-3-1-4-8-17)15-27-21(25)11-13-29-14-12-22(26)28-16-20(24)18-9-5-2-6-10-18/h1-10H,11-16H2. The monoisotopic (exact) mass is 414 g/mol. The van der Waals surface area contributed by atoms with Gasteiger partial charge in [0.15, 0.2) is 24.8 Å². The number of hydrogen-bond donors (Lipinski definition) is 0.